The molecule has 0 bridgehead atoms. The van der Waals surface area contributed by atoms with Crippen LogP contribution < -0.4 is 10.6 Å². The van der Waals surface area contributed by atoms with Crippen molar-refractivity contribution in [1.82, 2.24) is 10.6 Å². The van der Waals surface area contributed by atoms with Gasteiger partial charge in [-0.2, -0.15) is 0 Å². The van der Waals surface area contributed by atoms with Crippen molar-refractivity contribution in [3.05, 3.63) is 0 Å². The smallest absolute Gasteiger partial charge is 0.228 e. The molecule has 2 atom stereocenters. The second-order valence-corrected chi connectivity index (χ2v) is 5.36. The summed E-state index contributed by atoms with van der Waals surface area (Å²) in [6, 6.07) is 0.0560. The summed E-state index contributed by atoms with van der Waals surface area (Å²) in [6.07, 6.45) is 1.16. The Morgan fingerprint density at radius 1 is 1.65 bits per heavy atom. The number of amides is 1. The highest BCUT2D eigenvalue weighted by Gasteiger charge is 2.39. The summed E-state index contributed by atoms with van der Waals surface area (Å²) >= 11 is 0. The normalized spacial score (nSPS) is 28.5. The Labute approximate surface area is 102 Å². The molecule has 98 valence electrons. The number of ether oxygens (including phenoxy) is 2. The second-order valence-electron chi connectivity index (χ2n) is 5.36. The van der Waals surface area contributed by atoms with Gasteiger partial charge in [0.25, 0.3) is 0 Å². The Kier molecular flexibility index (Phi) is 4.01. The maximum atomic E-state index is 11.9. The van der Waals surface area contributed by atoms with Gasteiger partial charge in [0.05, 0.1) is 24.7 Å². The lowest BCUT2D eigenvalue weighted by Crippen LogP contribution is -2.61. The standard InChI is InChI=1S/C12H22N2O3/c1-9(5-17-10-3-4-16-6-10)14-11(15)12(2)7-13-8-12/h9-10,13H,3-8H2,1-2H3,(H,14,15). The molecule has 1 amide bonds. The lowest BCUT2D eigenvalue weighted by molar-refractivity contribution is -0.134. The molecule has 2 heterocycles. The third kappa shape index (κ3) is 3.18. The van der Waals surface area contributed by atoms with Gasteiger partial charge < -0.3 is 20.1 Å². The summed E-state index contributed by atoms with van der Waals surface area (Å²) in [5, 5.41) is 6.13. The fourth-order valence-electron chi connectivity index (χ4n) is 2.03. The minimum atomic E-state index is -0.231. The van der Waals surface area contributed by atoms with Crippen molar-refractivity contribution < 1.29 is 14.3 Å². The summed E-state index contributed by atoms with van der Waals surface area (Å²) in [5.41, 5.74) is -0.231. The highest BCUT2D eigenvalue weighted by molar-refractivity contribution is 5.84. The highest BCUT2D eigenvalue weighted by Crippen LogP contribution is 2.21. The topological polar surface area (TPSA) is 59.6 Å². The summed E-state index contributed by atoms with van der Waals surface area (Å²) in [4.78, 5) is 11.9. The van der Waals surface area contributed by atoms with Crippen LogP contribution in [0.25, 0.3) is 0 Å². The first kappa shape index (κ1) is 12.8. The van der Waals surface area contributed by atoms with Crippen LogP contribution in [0.2, 0.25) is 0 Å². The predicted octanol–water partition coefficient (Wildman–Crippen LogP) is -0.0939. The third-order valence-corrected chi connectivity index (χ3v) is 3.43. The molecule has 5 nitrogen and oxygen atoms in total. The monoisotopic (exact) mass is 242 g/mol. The molecule has 2 aliphatic rings. The summed E-state index contributed by atoms with van der Waals surface area (Å²) < 4.78 is 10.9. The van der Waals surface area contributed by atoms with E-state index < -0.39 is 0 Å². The Morgan fingerprint density at radius 2 is 2.41 bits per heavy atom. The molecule has 0 aromatic carbocycles. The minimum Gasteiger partial charge on any atom is -0.379 e. The summed E-state index contributed by atoms with van der Waals surface area (Å²) in [7, 11) is 0. The first-order chi connectivity index (χ1) is 8.10. The van der Waals surface area contributed by atoms with Crippen molar-refractivity contribution in [2.24, 2.45) is 5.41 Å². The number of rotatable bonds is 5. The van der Waals surface area contributed by atoms with Crippen LogP contribution in [0.15, 0.2) is 0 Å². The quantitative estimate of drug-likeness (QED) is 0.707. The van der Waals surface area contributed by atoms with Crippen LogP contribution in [-0.2, 0) is 14.3 Å². The van der Waals surface area contributed by atoms with Crippen LogP contribution in [0.5, 0.6) is 0 Å². The summed E-state index contributed by atoms with van der Waals surface area (Å²) in [6.45, 7) is 7.52. The molecule has 0 radical (unpaired) electrons. The van der Waals surface area contributed by atoms with Crippen molar-refractivity contribution in [3.63, 3.8) is 0 Å². The fraction of sp³-hybridized carbons (Fsp3) is 0.917. The van der Waals surface area contributed by atoms with Crippen LogP contribution in [0.4, 0.5) is 0 Å². The van der Waals surface area contributed by atoms with Crippen LogP contribution in [-0.4, -0.2) is 51.0 Å². The molecular formula is C12H22N2O3. The van der Waals surface area contributed by atoms with E-state index in [2.05, 4.69) is 10.6 Å². The molecule has 0 spiro atoms. The third-order valence-electron chi connectivity index (χ3n) is 3.43. The van der Waals surface area contributed by atoms with Gasteiger partial charge in [0.2, 0.25) is 5.91 Å². The zero-order chi connectivity index (χ0) is 12.3. The van der Waals surface area contributed by atoms with Gasteiger partial charge in [-0.3, -0.25) is 4.79 Å². The average molecular weight is 242 g/mol. The predicted molar refractivity (Wildman–Crippen MR) is 63.8 cm³/mol. The molecule has 2 saturated heterocycles. The van der Waals surface area contributed by atoms with Gasteiger partial charge in [-0.15, -0.1) is 0 Å². The number of carbonyl (C=O) groups excluding carboxylic acids is 1. The van der Waals surface area contributed by atoms with Crippen molar-refractivity contribution in [3.8, 4) is 0 Å². The molecule has 2 N–H and O–H groups in total. The van der Waals surface area contributed by atoms with Crippen LogP contribution in [0, 0.1) is 5.41 Å². The molecule has 0 aliphatic carbocycles. The van der Waals surface area contributed by atoms with E-state index in [0.29, 0.717) is 13.2 Å². The molecule has 0 aromatic rings. The molecule has 5 heteroatoms. The van der Waals surface area contributed by atoms with Gasteiger partial charge in [0.1, 0.15) is 0 Å². The number of hydrogen-bond donors (Lipinski definition) is 2. The van der Waals surface area contributed by atoms with E-state index in [0.717, 1.165) is 26.1 Å². The van der Waals surface area contributed by atoms with Crippen LogP contribution in [0.1, 0.15) is 20.3 Å². The number of carbonyl (C=O) groups is 1. The van der Waals surface area contributed by atoms with E-state index >= 15 is 0 Å². The van der Waals surface area contributed by atoms with E-state index in [1.54, 1.807) is 0 Å². The molecule has 2 aliphatic heterocycles. The van der Waals surface area contributed by atoms with Crippen LogP contribution in [0.3, 0.4) is 0 Å². The molecular weight excluding hydrogens is 220 g/mol. The van der Waals surface area contributed by atoms with Gasteiger partial charge in [0, 0.05) is 25.7 Å². The molecule has 0 aromatic heterocycles. The van der Waals surface area contributed by atoms with Gasteiger partial charge in [-0.25, -0.2) is 0 Å². The molecule has 2 unspecified atom stereocenters. The molecule has 0 saturated carbocycles. The van der Waals surface area contributed by atoms with Crippen molar-refractivity contribution in [1.29, 1.82) is 0 Å². The Balaban J connectivity index is 1.65. The SMILES string of the molecule is CC(COC1CCOC1)NC(=O)C1(C)CNC1. The largest absolute Gasteiger partial charge is 0.379 e. The van der Waals surface area contributed by atoms with Gasteiger partial charge in [-0.05, 0) is 20.3 Å². The lowest BCUT2D eigenvalue weighted by Gasteiger charge is -2.38. The van der Waals surface area contributed by atoms with E-state index in [4.69, 9.17) is 9.47 Å². The first-order valence-electron chi connectivity index (χ1n) is 6.31. The Hall–Kier alpha value is -0.650. The van der Waals surface area contributed by atoms with Crippen LogP contribution >= 0.6 is 0 Å². The minimum absolute atomic E-state index is 0.0560. The maximum Gasteiger partial charge on any atom is 0.228 e. The van der Waals surface area contributed by atoms with E-state index in [1.807, 2.05) is 13.8 Å². The number of hydrogen-bond acceptors (Lipinski definition) is 4. The van der Waals surface area contributed by atoms with Gasteiger partial charge >= 0.3 is 0 Å². The van der Waals surface area contributed by atoms with Crippen molar-refractivity contribution in [2.45, 2.75) is 32.4 Å². The highest BCUT2D eigenvalue weighted by atomic mass is 16.5. The zero-order valence-corrected chi connectivity index (χ0v) is 10.6. The van der Waals surface area contributed by atoms with Gasteiger partial charge in [-0.1, -0.05) is 0 Å². The summed E-state index contributed by atoms with van der Waals surface area (Å²) in [5.74, 6) is 0.120. The number of nitrogens with one attached hydrogen (secondary N) is 2. The van der Waals surface area contributed by atoms with Crippen molar-refractivity contribution in [2.75, 3.05) is 32.9 Å². The zero-order valence-electron chi connectivity index (χ0n) is 10.6. The molecule has 2 fully saturated rings. The van der Waals surface area contributed by atoms with Crippen molar-refractivity contribution >= 4 is 5.91 Å². The second kappa shape index (κ2) is 5.33. The lowest BCUT2D eigenvalue weighted by atomic mass is 9.83. The maximum absolute atomic E-state index is 11.9. The average Bonchev–Trinajstić information content (AvgIpc) is 2.75. The van der Waals surface area contributed by atoms with Gasteiger partial charge in [0.15, 0.2) is 0 Å². The Bertz CT molecular complexity index is 273. The fourth-order valence-corrected chi connectivity index (χ4v) is 2.03. The molecule has 17 heavy (non-hydrogen) atoms. The van der Waals surface area contributed by atoms with E-state index in [9.17, 15) is 4.79 Å². The first-order valence-corrected chi connectivity index (χ1v) is 6.31. The van der Waals surface area contributed by atoms with E-state index in [-0.39, 0.29) is 23.5 Å². The molecule has 2 rings (SSSR count). The van der Waals surface area contributed by atoms with E-state index in [1.165, 1.54) is 0 Å². The Morgan fingerprint density at radius 3 is 2.94 bits per heavy atom.